The Labute approximate surface area is 736 Å². The molecule has 0 radical (unpaired) electrons. The van der Waals surface area contributed by atoms with Gasteiger partial charge in [0, 0.05) is 16.8 Å². The maximum absolute atomic E-state index is 13.7. The van der Waals surface area contributed by atoms with Crippen LogP contribution in [0.25, 0.3) is 0 Å². The van der Waals surface area contributed by atoms with Gasteiger partial charge in [-0.1, -0.05) is 225 Å². The van der Waals surface area contributed by atoms with E-state index >= 15 is 0 Å². The molecule has 4 N–H and O–H groups in total. The molecular weight excluding hydrogens is 1660 g/mol. The number of phenols is 1. The van der Waals surface area contributed by atoms with Gasteiger partial charge in [0.25, 0.3) is 5.56 Å². The van der Waals surface area contributed by atoms with Gasteiger partial charge in [-0.25, -0.2) is 18.7 Å². The number of carbonyl (C=O) groups excluding carboxylic acids is 1. The Morgan fingerprint density at radius 1 is 0.409 bits per heavy atom. The zero-order valence-corrected chi connectivity index (χ0v) is 72.4. The van der Waals surface area contributed by atoms with Gasteiger partial charge in [-0.2, -0.15) is 0 Å². The van der Waals surface area contributed by atoms with Crippen molar-refractivity contribution in [2.24, 2.45) is 0 Å². The predicted octanol–water partition coefficient (Wildman–Crippen LogP) is 19.3. The van der Waals surface area contributed by atoms with E-state index in [4.69, 9.17) is 70.6 Å². The Bertz CT molecular complexity index is 5890. The van der Waals surface area contributed by atoms with Crippen LogP contribution >= 0.6 is 16.1 Å². The topological polar surface area (TPSA) is 296 Å². The molecule has 1 aliphatic rings. The molecule has 127 heavy (non-hydrogen) atoms. The first kappa shape index (κ1) is 91.0. The summed E-state index contributed by atoms with van der Waals surface area (Å²) in [7, 11) is 2.13. The number of phenolic OH excluding ortho intramolecular Hbond substituents is 1. The summed E-state index contributed by atoms with van der Waals surface area (Å²) in [5.41, 5.74) is 6.76. The third kappa shape index (κ3) is 22.0. The molecule has 0 bridgehead atoms. The van der Waals surface area contributed by atoms with Gasteiger partial charge in [0.15, 0.2) is 18.1 Å². The SMILES string of the molecule is CC[C@H]1O[C@@H](n2ccc(=O)[nH]c2=O)[C@@H](OC(=O)c2ccccc2)C1OP(=O)(O)Oc1ccc(COC(c2ccccc2)(c2ccc(OC)cc2)c2ccc(OC)cc2)cc1.COc1ccc(C(OCc2ccc(O)cc2)(c2ccccc2)c2ccc(OC)cc2)cc1.COc1ccc(C(OCc2ccc(O[P+](=O)O)cc2)(c2ccccc2)c2ccc(OC)cc2)cc1. The van der Waals surface area contributed by atoms with Crippen molar-refractivity contribution in [1.82, 2.24) is 9.55 Å². The van der Waals surface area contributed by atoms with E-state index in [0.717, 1.165) is 100 Å². The van der Waals surface area contributed by atoms with Gasteiger partial charge in [0.2, 0.25) is 0 Å². The van der Waals surface area contributed by atoms with Crippen molar-refractivity contribution in [3.63, 3.8) is 0 Å². The Hall–Kier alpha value is -13.7. The number of aromatic amines is 1. The van der Waals surface area contributed by atoms with Crippen LogP contribution in [0.15, 0.2) is 362 Å². The minimum absolute atomic E-state index is 0.00223. The van der Waals surface area contributed by atoms with E-state index in [0.29, 0.717) is 23.9 Å². The maximum atomic E-state index is 13.7. The average Bonchev–Trinajstić information content (AvgIpc) is 1.61. The third-order valence-corrected chi connectivity index (χ3v) is 22.7. The zero-order chi connectivity index (χ0) is 89.3. The summed E-state index contributed by atoms with van der Waals surface area (Å²) in [4.78, 5) is 60.3. The van der Waals surface area contributed by atoms with Crippen molar-refractivity contribution in [2.45, 2.75) is 74.5 Å². The highest BCUT2D eigenvalue weighted by atomic mass is 31.2. The lowest BCUT2D eigenvalue weighted by molar-refractivity contribution is -0.0517. The van der Waals surface area contributed by atoms with Crippen LogP contribution in [-0.2, 0) is 74.0 Å². The van der Waals surface area contributed by atoms with E-state index in [9.17, 15) is 33.5 Å². The minimum Gasteiger partial charge on any atom is -0.508 e. The quantitative estimate of drug-likeness (QED) is 0.0165. The lowest BCUT2D eigenvalue weighted by Gasteiger charge is -2.36. The molecular formula is C101H95N2O22P2+. The monoisotopic (exact) mass is 1750 g/mol. The van der Waals surface area contributed by atoms with Gasteiger partial charge < -0.3 is 61.7 Å². The number of esters is 1. The fourth-order valence-corrected chi connectivity index (χ4v) is 16.3. The number of hydrogen-bond acceptors (Lipinski definition) is 20. The molecule has 0 spiro atoms. The standard InChI is InChI=1S/C45H43N2O12P.C28H25O6P.C28H26O4/c1-4-38-40(41(57-43(49)31-11-7-5-8-12-31)42(56-38)47-28-27-39(48)46-44(47)50)59-60(51,52)58-37-21-15-30(16-22-37)29-55-45(32-13-9-6-10-14-32,33-17-23-35(53-2)24-18-33)34-19-25-36(54-3)26-20-34;1-31-25-16-10-23(11-17-25)28(22-6-4-3-5-7-22,24-12-18-26(32-2)19-13-24)33-20-21-8-14-27(15-9-21)34-35(29)30;1-30-26-16-10-23(11-17-26)28(22-6-4-3-5-7-22,24-12-18-27(31-2)19-13-24)32-20-21-8-14-25(29)15-9-21/h5-28,38,40-42H,4,29H2,1-3H3,(H,51,52)(H,46,48,50);3-19H,20H2,1-2H3;3-19,29H,20H2,1-2H3/p+1/t38-,40?,41+,42-;;/m1../s1. The molecule has 1 saturated heterocycles. The first-order chi connectivity index (χ1) is 61.7. The molecule has 14 aromatic rings. The van der Waals surface area contributed by atoms with Gasteiger partial charge in [0.1, 0.15) is 68.9 Å². The first-order valence-electron chi connectivity index (χ1n) is 40.4. The average molecular weight is 1750 g/mol. The largest absolute Gasteiger partial charge is 0.747 e. The predicted molar refractivity (Wildman–Crippen MR) is 479 cm³/mol. The number of ether oxygens (including phenoxy) is 11. The number of phosphoric ester groups is 1. The van der Waals surface area contributed by atoms with Crippen molar-refractivity contribution in [3.05, 3.63) is 445 Å². The number of methoxy groups -OCH3 is 6. The van der Waals surface area contributed by atoms with Gasteiger partial charge in [0.05, 0.1) is 74.1 Å². The van der Waals surface area contributed by atoms with E-state index in [-0.39, 0.29) is 36.7 Å². The zero-order valence-electron chi connectivity index (χ0n) is 70.6. The highest BCUT2D eigenvalue weighted by Gasteiger charge is 2.52. The smallest absolute Gasteiger partial charge is 0.508 e. The molecule has 1 fully saturated rings. The van der Waals surface area contributed by atoms with Crippen molar-refractivity contribution in [1.29, 1.82) is 0 Å². The molecule has 1 aromatic heterocycles. The van der Waals surface area contributed by atoms with Gasteiger partial charge >= 0.3 is 27.7 Å². The summed E-state index contributed by atoms with van der Waals surface area (Å²) in [5.74, 6) is 4.20. The first-order valence-corrected chi connectivity index (χ1v) is 43.1. The second-order valence-electron chi connectivity index (χ2n) is 29.0. The normalized spacial score (nSPS) is 14.8. The molecule has 6 atom stereocenters. The number of nitrogens with one attached hydrogen (secondary N) is 1. The number of benzene rings is 13. The van der Waals surface area contributed by atoms with E-state index in [1.165, 1.54) is 30.5 Å². The fourth-order valence-electron chi connectivity index (χ4n) is 15.0. The third-order valence-electron chi connectivity index (χ3n) is 21.4. The molecule has 0 aliphatic carbocycles. The number of aromatic nitrogens is 2. The summed E-state index contributed by atoms with van der Waals surface area (Å²) in [6.45, 7) is 2.47. The van der Waals surface area contributed by atoms with Crippen LogP contribution in [-0.4, -0.2) is 91.4 Å². The summed E-state index contributed by atoms with van der Waals surface area (Å²) in [5, 5.41) is 9.65. The molecule has 0 saturated carbocycles. The number of carbonyl (C=O) groups is 1. The Morgan fingerprint density at radius 3 is 1.02 bits per heavy atom. The summed E-state index contributed by atoms with van der Waals surface area (Å²) < 4.78 is 107. The summed E-state index contributed by atoms with van der Waals surface area (Å²) >= 11 is 0. The van der Waals surface area contributed by atoms with Crippen LogP contribution in [0, 0.1) is 0 Å². The second-order valence-corrected chi connectivity index (χ2v) is 31.0. The summed E-state index contributed by atoms with van der Waals surface area (Å²) in [6, 6.07) is 107. The molecule has 13 aromatic carbocycles. The number of phosphoric acid groups is 1. The van der Waals surface area contributed by atoms with Gasteiger partial charge in [-0.3, -0.25) is 23.8 Å². The van der Waals surface area contributed by atoms with Crippen molar-refractivity contribution >= 4 is 22.0 Å². The molecule has 2 heterocycles. The molecule has 0 amide bonds. The molecule has 3 unspecified atom stereocenters. The Balaban J connectivity index is 0.000000175. The highest BCUT2D eigenvalue weighted by Crippen LogP contribution is 2.51. The lowest BCUT2D eigenvalue weighted by Crippen LogP contribution is -2.41. The number of hydrogen-bond donors (Lipinski definition) is 4. The fraction of sp³-hybridized carbons (Fsp3) is 0.178. The number of rotatable bonds is 34. The van der Waals surface area contributed by atoms with E-state index < -0.39 is 74.6 Å². The molecule has 1 aliphatic heterocycles. The van der Waals surface area contributed by atoms with Crippen LogP contribution in [0.5, 0.6) is 51.7 Å². The van der Waals surface area contributed by atoms with Crippen LogP contribution in [0.1, 0.15) is 96.7 Å². The minimum atomic E-state index is -4.96. The molecule has 24 nitrogen and oxygen atoms in total. The van der Waals surface area contributed by atoms with E-state index in [2.05, 4.69) is 17.1 Å². The van der Waals surface area contributed by atoms with E-state index in [1.807, 2.05) is 249 Å². The maximum Gasteiger partial charge on any atom is 0.747 e. The molecule has 15 rings (SSSR count). The second kappa shape index (κ2) is 42.8. The van der Waals surface area contributed by atoms with Crippen molar-refractivity contribution in [2.75, 3.05) is 42.7 Å². The number of aromatic hydroxyl groups is 1. The van der Waals surface area contributed by atoms with Gasteiger partial charge in [-0.15, -0.1) is 4.89 Å². The van der Waals surface area contributed by atoms with Crippen molar-refractivity contribution in [3.8, 4) is 51.7 Å². The van der Waals surface area contributed by atoms with Crippen LogP contribution in [0.4, 0.5) is 0 Å². The van der Waals surface area contributed by atoms with Gasteiger partial charge in [-0.05, 0) is 195 Å². The number of H-pyrrole nitrogens is 1. The van der Waals surface area contributed by atoms with Crippen LogP contribution < -0.4 is 48.7 Å². The Morgan fingerprint density at radius 2 is 0.709 bits per heavy atom. The lowest BCUT2D eigenvalue weighted by atomic mass is 9.80. The van der Waals surface area contributed by atoms with Crippen LogP contribution in [0.2, 0.25) is 0 Å². The van der Waals surface area contributed by atoms with Crippen LogP contribution in [0.3, 0.4) is 0 Å². The molecule has 26 heteroatoms. The van der Waals surface area contributed by atoms with Crippen molar-refractivity contribution < 1.29 is 94.5 Å². The Kier molecular flexibility index (Phi) is 30.6. The number of nitrogens with zero attached hydrogens (tertiary/aromatic N) is 1. The van der Waals surface area contributed by atoms with E-state index in [1.54, 1.807) is 104 Å². The summed E-state index contributed by atoms with van der Waals surface area (Å²) in [6.07, 6.45) is -3.65. The molecule has 650 valence electrons. The highest BCUT2D eigenvalue weighted by molar-refractivity contribution is 7.47.